The predicted molar refractivity (Wildman–Crippen MR) is 115 cm³/mol. The molecule has 4 nitrogen and oxygen atoms in total. The van der Waals surface area contributed by atoms with E-state index in [1.807, 2.05) is 18.2 Å². The van der Waals surface area contributed by atoms with Crippen LogP contribution in [0.5, 0.6) is 5.75 Å². The van der Waals surface area contributed by atoms with Gasteiger partial charge in [-0.25, -0.2) is 0 Å². The fourth-order valence-corrected chi connectivity index (χ4v) is 4.29. The number of methoxy groups -OCH3 is 1. The first-order valence-electron chi connectivity index (χ1n) is 10.8. The van der Waals surface area contributed by atoms with Crippen LogP contribution in [0.25, 0.3) is 11.3 Å². The molecule has 0 radical (unpaired) electrons. The standard InChI is InChI=1S/C24H34N2O2/c1-4-5-15-25-24(27)21-16-22(20-13-9-10-14-23(20)28-3)26(18(21)2)17-19-11-7-6-8-12-19/h9-10,13-14,16,19H,4-8,11-12,15,17H2,1-3H3,(H,25,27). The lowest BCUT2D eigenvalue weighted by molar-refractivity contribution is 0.0952. The summed E-state index contributed by atoms with van der Waals surface area (Å²) < 4.78 is 7.97. The van der Waals surface area contributed by atoms with E-state index in [2.05, 4.69) is 35.9 Å². The number of hydrogen-bond acceptors (Lipinski definition) is 2. The van der Waals surface area contributed by atoms with Crippen LogP contribution < -0.4 is 10.1 Å². The van der Waals surface area contributed by atoms with Crippen molar-refractivity contribution in [3.8, 4) is 17.0 Å². The Balaban J connectivity index is 1.97. The number of unbranched alkanes of at least 4 members (excludes halogenated alkanes) is 1. The van der Waals surface area contributed by atoms with Crippen LogP contribution in [0.1, 0.15) is 67.9 Å². The molecule has 1 N–H and O–H groups in total. The van der Waals surface area contributed by atoms with Crippen LogP contribution in [-0.2, 0) is 6.54 Å². The van der Waals surface area contributed by atoms with Gasteiger partial charge in [0.2, 0.25) is 0 Å². The van der Waals surface area contributed by atoms with Crippen molar-refractivity contribution in [3.05, 3.63) is 41.6 Å². The Bertz CT molecular complexity index is 788. The minimum atomic E-state index is 0.0319. The number of para-hydroxylation sites is 1. The molecule has 0 spiro atoms. The van der Waals surface area contributed by atoms with Crippen LogP contribution >= 0.6 is 0 Å². The number of rotatable bonds is 8. The minimum Gasteiger partial charge on any atom is -0.496 e. The highest BCUT2D eigenvalue weighted by molar-refractivity contribution is 5.97. The van der Waals surface area contributed by atoms with E-state index in [1.54, 1.807) is 7.11 Å². The third-order valence-corrected chi connectivity index (χ3v) is 5.98. The molecule has 152 valence electrons. The van der Waals surface area contributed by atoms with Gasteiger partial charge in [0.1, 0.15) is 5.75 Å². The van der Waals surface area contributed by atoms with Gasteiger partial charge >= 0.3 is 0 Å². The molecule has 0 atom stereocenters. The minimum absolute atomic E-state index is 0.0319. The van der Waals surface area contributed by atoms with E-state index in [9.17, 15) is 4.79 Å². The second-order valence-corrected chi connectivity index (χ2v) is 7.95. The maximum absolute atomic E-state index is 12.8. The Hall–Kier alpha value is -2.23. The van der Waals surface area contributed by atoms with E-state index in [0.29, 0.717) is 5.92 Å². The zero-order valence-corrected chi connectivity index (χ0v) is 17.6. The van der Waals surface area contributed by atoms with Gasteiger partial charge in [-0.3, -0.25) is 4.79 Å². The van der Waals surface area contributed by atoms with Crippen LogP contribution in [0.2, 0.25) is 0 Å². The van der Waals surface area contributed by atoms with E-state index in [4.69, 9.17) is 4.74 Å². The van der Waals surface area contributed by atoms with Gasteiger partial charge in [0.25, 0.3) is 5.91 Å². The summed E-state index contributed by atoms with van der Waals surface area (Å²) in [6.07, 6.45) is 8.63. The third kappa shape index (κ3) is 4.60. The van der Waals surface area contributed by atoms with Crippen LogP contribution in [-0.4, -0.2) is 24.1 Å². The van der Waals surface area contributed by atoms with Crippen molar-refractivity contribution in [1.29, 1.82) is 0 Å². The smallest absolute Gasteiger partial charge is 0.253 e. The van der Waals surface area contributed by atoms with Gasteiger partial charge in [-0.15, -0.1) is 0 Å². The molecular weight excluding hydrogens is 348 g/mol. The lowest BCUT2D eigenvalue weighted by atomic mass is 9.89. The van der Waals surface area contributed by atoms with Gasteiger partial charge in [0.05, 0.1) is 18.4 Å². The summed E-state index contributed by atoms with van der Waals surface area (Å²) in [6, 6.07) is 10.2. The lowest BCUT2D eigenvalue weighted by Crippen LogP contribution is -2.25. The van der Waals surface area contributed by atoms with Gasteiger partial charge in [-0.2, -0.15) is 0 Å². The molecule has 1 saturated carbocycles. The molecule has 1 amide bonds. The molecule has 0 bridgehead atoms. The average molecular weight is 383 g/mol. The zero-order chi connectivity index (χ0) is 19.9. The number of aromatic nitrogens is 1. The van der Waals surface area contributed by atoms with Crippen molar-refractivity contribution < 1.29 is 9.53 Å². The zero-order valence-electron chi connectivity index (χ0n) is 17.6. The maximum Gasteiger partial charge on any atom is 0.253 e. The molecule has 28 heavy (non-hydrogen) atoms. The number of nitrogens with zero attached hydrogens (tertiary/aromatic N) is 1. The summed E-state index contributed by atoms with van der Waals surface area (Å²) in [5, 5.41) is 3.08. The summed E-state index contributed by atoms with van der Waals surface area (Å²) in [4.78, 5) is 12.8. The normalized spacial score (nSPS) is 14.8. The highest BCUT2D eigenvalue weighted by Crippen LogP contribution is 2.35. The first-order chi connectivity index (χ1) is 13.7. The van der Waals surface area contributed by atoms with Gasteiger partial charge in [-0.05, 0) is 50.3 Å². The number of ether oxygens (including phenoxy) is 1. The Morgan fingerprint density at radius 3 is 2.68 bits per heavy atom. The second-order valence-electron chi connectivity index (χ2n) is 7.95. The van der Waals surface area contributed by atoms with Crippen molar-refractivity contribution >= 4 is 5.91 Å². The van der Waals surface area contributed by atoms with Crippen LogP contribution in [0.15, 0.2) is 30.3 Å². The highest BCUT2D eigenvalue weighted by atomic mass is 16.5. The Kier molecular flexibility index (Phi) is 7.18. The second kappa shape index (κ2) is 9.81. The van der Waals surface area contributed by atoms with E-state index >= 15 is 0 Å². The number of amides is 1. The summed E-state index contributed by atoms with van der Waals surface area (Å²) in [5.74, 6) is 1.57. The fraction of sp³-hybridized carbons (Fsp3) is 0.542. The molecule has 1 aromatic heterocycles. The van der Waals surface area contributed by atoms with Crippen molar-refractivity contribution in [1.82, 2.24) is 9.88 Å². The van der Waals surface area contributed by atoms with E-state index < -0.39 is 0 Å². The largest absolute Gasteiger partial charge is 0.496 e. The molecule has 1 aromatic carbocycles. The van der Waals surface area contributed by atoms with Crippen molar-refractivity contribution in [2.75, 3.05) is 13.7 Å². The van der Waals surface area contributed by atoms with Gasteiger partial charge < -0.3 is 14.6 Å². The molecule has 0 unspecified atom stereocenters. The van der Waals surface area contributed by atoms with Crippen molar-refractivity contribution in [2.24, 2.45) is 5.92 Å². The van der Waals surface area contributed by atoms with Crippen LogP contribution in [0, 0.1) is 12.8 Å². The van der Waals surface area contributed by atoms with Gasteiger partial charge in [0, 0.05) is 24.3 Å². The van der Waals surface area contributed by atoms with Crippen LogP contribution in [0.3, 0.4) is 0 Å². The van der Waals surface area contributed by atoms with Crippen LogP contribution in [0.4, 0.5) is 0 Å². The molecule has 4 heteroatoms. The average Bonchev–Trinajstić information content (AvgIpc) is 3.05. The highest BCUT2D eigenvalue weighted by Gasteiger charge is 2.23. The number of benzene rings is 1. The van der Waals surface area contributed by atoms with Gasteiger partial charge in [-0.1, -0.05) is 44.7 Å². The summed E-state index contributed by atoms with van der Waals surface area (Å²) >= 11 is 0. The quantitative estimate of drug-likeness (QED) is 0.606. The summed E-state index contributed by atoms with van der Waals surface area (Å²) in [5.41, 5.74) is 3.98. The molecule has 1 aliphatic carbocycles. The van der Waals surface area contributed by atoms with E-state index in [1.165, 1.54) is 32.1 Å². The molecule has 0 aliphatic heterocycles. The molecule has 1 aliphatic rings. The Morgan fingerprint density at radius 2 is 1.96 bits per heavy atom. The Labute approximate surface area is 169 Å². The Morgan fingerprint density at radius 1 is 1.21 bits per heavy atom. The number of carbonyl (C=O) groups excluding carboxylic acids is 1. The summed E-state index contributed by atoms with van der Waals surface area (Å²) in [6.45, 7) is 5.92. The predicted octanol–water partition coefficient (Wildman–Crippen LogP) is 5.58. The number of nitrogens with one attached hydrogen (secondary N) is 1. The third-order valence-electron chi connectivity index (χ3n) is 5.98. The SMILES string of the molecule is CCCCNC(=O)c1cc(-c2ccccc2OC)n(CC2CCCCC2)c1C. The number of carbonyl (C=O) groups is 1. The molecule has 1 fully saturated rings. The molecule has 1 heterocycles. The van der Waals surface area contributed by atoms with E-state index in [0.717, 1.165) is 54.2 Å². The first-order valence-corrected chi connectivity index (χ1v) is 10.8. The first kappa shape index (κ1) is 20.5. The van der Waals surface area contributed by atoms with Crippen molar-refractivity contribution in [2.45, 2.75) is 65.3 Å². The maximum atomic E-state index is 12.8. The van der Waals surface area contributed by atoms with Gasteiger partial charge in [0.15, 0.2) is 0 Å². The summed E-state index contributed by atoms with van der Waals surface area (Å²) in [7, 11) is 1.71. The van der Waals surface area contributed by atoms with Crippen molar-refractivity contribution in [3.63, 3.8) is 0 Å². The number of hydrogen-bond donors (Lipinski definition) is 1. The molecule has 0 saturated heterocycles. The molecular formula is C24H34N2O2. The topological polar surface area (TPSA) is 43.3 Å². The molecule has 3 rings (SSSR count). The fourth-order valence-electron chi connectivity index (χ4n) is 4.29. The van der Waals surface area contributed by atoms with E-state index in [-0.39, 0.29) is 5.91 Å². The lowest BCUT2D eigenvalue weighted by Gasteiger charge is -2.24. The molecule has 2 aromatic rings. The monoisotopic (exact) mass is 382 g/mol.